The highest BCUT2D eigenvalue weighted by molar-refractivity contribution is 4.98. The first kappa shape index (κ1) is 9.26. The molecule has 3 N–H and O–H groups in total. The molecule has 1 aromatic rings. The van der Waals surface area contributed by atoms with E-state index in [0.717, 1.165) is 30.9 Å². The van der Waals surface area contributed by atoms with E-state index in [9.17, 15) is 0 Å². The minimum absolute atomic E-state index is 0.803. The van der Waals surface area contributed by atoms with Gasteiger partial charge in [0.1, 0.15) is 5.82 Å². The van der Waals surface area contributed by atoms with Crippen molar-refractivity contribution in [1.29, 1.82) is 0 Å². The first-order chi connectivity index (χ1) is 5.83. The molecule has 0 unspecified atom stereocenters. The summed E-state index contributed by atoms with van der Waals surface area (Å²) in [6.45, 7) is 2.83. The standard InChI is InChI=1S/C9H17N3/c1-8-7-11-9(12-8)5-3-2-4-6-10/h7H,2-6,10H2,1H3,(H,11,12). The van der Waals surface area contributed by atoms with Crippen molar-refractivity contribution in [3.8, 4) is 0 Å². The third-order valence-corrected chi connectivity index (χ3v) is 1.87. The molecule has 1 rings (SSSR count). The number of nitrogens with one attached hydrogen (secondary N) is 1. The van der Waals surface area contributed by atoms with E-state index in [4.69, 9.17) is 5.73 Å². The predicted octanol–water partition coefficient (Wildman–Crippen LogP) is 1.39. The summed E-state index contributed by atoms with van der Waals surface area (Å²) in [6.07, 6.45) is 6.44. The van der Waals surface area contributed by atoms with Gasteiger partial charge in [0.15, 0.2) is 0 Å². The van der Waals surface area contributed by atoms with Gasteiger partial charge in [0.2, 0.25) is 0 Å². The Labute approximate surface area is 73.4 Å². The summed E-state index contributed by atoms with van der Waals surface area (Å²) in [5.41, 5.74) is 6.53. The molecule has 0 aromatic carbocycles. The van der Waals surface area contributed by atoms with Crippen LogP contribution in [0.3, 0.4) is 0 Å². The molecule has 0 aliphatic heterocycles. The van der Waals surface area contributed by atoms with Crippen molar-refractivity contribution in [2.75, 3.05) is 6.54 Å². The lowest BCUT2D eigenvalue weighted by molar-refractivity contribution is 0.672. The fourth-order valence-electron chi connectivity index (χ4n) is 1.21. The van der Waals surface area contributed by atoms with Crippen LogP contribution in [0.1, 0.15) is 30.8 Å². The van der Waals surface area contributed by atoms with Gasteiger partial charge in [-0.15, -0.1) is 0 Å². The van der Waals surface area contributed by atoms with E-state index in [1.807, 2.05) is 13.1 Å². The number of aryl methyl sites for hydroxylation is 2. The lowest BCUT2D eigenvalue weighted by Gasteiger charge is -1.96. The van der Waals surface area contributed by atoms with E-state index >= 15 is 0 Å². The molecule has 0 saturated heterocycles. The van der Waals surface area contributed by atoms with Gasteiger partial charge in [0.05, 0.1) is 0 Å². The van der Waals surface area contributed by atoms with Gasteiger partial charge in [-0.3, -0.25) is 0 Å². The van der Waals surface area contributed by atoms with Crippen LogP contribution in [0.25, 0.3) is 0 Å². The van der Waals surface area contributed by atoms with E-state index in [1.54, 1.807) is 0 Å². The summed E-state index contributed by atoms with van der Waals surface area (Å²) in [5.74, 6) is 1.10. The topological polar surface area (TPSA) is 54.7 Å². The molecular formula is C9H17N3. The predicted molar refractivity (Wildman–Crippen MR) is 49.9 cm³/mol. The fraction of sp³-hybridized carbons (Fsp3) is 0.667. The molecule has 68 valence electrons. The van der Waals surface area contributed by atoms with Crippen molar-refractivity contribution >= 4 is 0 Å². The number of hydrogen-bond acceptors (Lipinski definition) is 2. The van der Waals surface area contributed by atoms with Crippen molar-refractivity contribution in [2.45, 2.75) is 32.6 Å². The Kier molecular flexibility index (Phi) is 3.80. The zero-order chi connectivity index (χ0) is 8.81. The first-order valence-electron chi connectivity index (χ1n) is 4.53. The van der Waals surface area contributed by atoms with E-state index in [0.29, 0.717) is 0 Å². The molecule has 0 aliphatic carbocycles. The van der Waals surface area contributed by atoms with Crippen LogP contribution in [0.2, 0.25) is 0 Å². The molecule has 3 heteroatoms. The maximum absolute atomic E-state index is 5.39. The number of unbranched alkanes of at least 4 members (excludes halogenated alkanes) is 2. The minimum atomic E-state index is 0.803. The second kappa shape index (κ2) is 4.93. The van der Waals surface area contributed by atoms with E-state index in [1.165, 1.54) is 12.8 Å². The fourth-order valence-corrected chi connectivity index (χ4v) is 1.21. The summed E-state index contributed by atoms with van der Waals surface area (Å²) in [6, 6.07) is 0. The summed E-state index contributed by atoms with van der Waals surface area (Å²) in [4.78, 5) is 7.44. The van der Waals surface area contributed by atoms with Crippen LogP contribution in [0.5, 0.6) is 0 Å². The lowest BCUT2D eigenvalue weighted by Crippen LogP contribution is -1.98. The maximum Gasteiger partial charge on any atom is 0.106 e. The monoisotopic (exact) mass is 167 g/mol. The molecule has 3 nitrogen and oxygen atoms in total. The van der Waals surface area contributed by atoms with Gasteiger partial charge in [-0.1, -0.05) is 6.42 Å². The Hall–Kier alpha value is -0.830. The summed E-state index contributed by atoms with van der Waals surface area (Å²) in [5, 5.41) is 0. The number of nitrogens with two attached hydrogens (primary N) is 1. The van der Waals surface area contributed by atoms with Crippen LogP contribution in [0.4, 0.5) is 0 Å². The molecule has 1 heterocycles. The molecule has 0 bridgehead atoms. The van der Waals surface area contributed by atoms with Gasteiger partial charge in [-0.2, -0.15) is 0 Å². The Bertz CT molecular complexity index is 217. The zero-order valence-electron chi connectivity index (χ0n) is 7.64. The second-order valence-corrected chi connectivity index (χ2v) is 3.11. The van der Waals surface area contributed by atoms with Crippen LogP contribution >= 0.6 is 0 Å². The van der Waals surface area contributed by atoms with Crippen LogP contribution in [0, 0.1) is 6.92 Å². The summed E-state index contributed by atoms with van der Waals surface area (Å²) in [7, 11) is 0. The third-order valence-electron chi connectivity index (χ3n) is 1.87. The van der Waals surface area contributed by atoms with Crippen LogP contribution in [0.15, 0.2) is 6.20 Å². The van der Waals surface area contributed by atoms with Gasteiger partial charge in [-0.25, -0.2) is 4.98 Å². The van der Waals surface area contributed by atoms with Gasteiger partial charge in [-0.05, 0) is 26.3 Å². The van der Waals surface area contributed by atoms with E-state index < -0.39 is 0 Å². The van der Waals surface area contributed by atoms with Crippen molar-refractivity contribution in [1.82, 2.24) is 9.97 Å². The summed E-state index contributed by atoms with van der Waals surface area (Å²) >= 11 is 0. The Morgan fingerprint density at radius 2 is 2.25 bits per heavy atom. The Balaban J connectivity index is 2.15. The number of aromatic amines is 1. The normalized spacial score (nSPS) is 10.5. The molecule has 0 spiro atoms. The Morgan fingerprint density at radius 1 is 1.42 bits per heavy atom. The molecule has 0 atom stereocenters. The molecule has 0 aliphatic rings. The van der Waals surface area contributed by atoms with Gasteiger partial charge in [0.25, 0.3) is 0 Å². The number of rotatable bonds is 5. The van der Waals surface area contributed by atoms with Crippen molar-refractivity contribution in [3.05, 3.63) is 17.7 Å². The molecule has 0 radical (unpaired) electrons. The molecule has 0 amide bonds. The molecule has 0 saturated carbocycles. The molecule has 12 heavy (non-hydrogen) atoms. The number of H-pyrrole nitrogens is 1. The highest BCUT2D eigenvalue weighted by Gasteiger charge is 1.96. The number of nitrogens with zero attached hydrogens (tertiary/aromatic N) is 1. The molecule has 1 aromatic heterocycles. The highest BCUT2D eigenvalue weighted by Crippen LogP contribution is 2.02. The SMILES string of the molecule is Cc1cnc(CCCCCN)[nH]1. The molecular weight excluding hydrogens is 150 g/mol. The average Bonchev–Trinajstić information content (AvgIpc) is 2.45. The van der Waals surface area contributed by atoms with E-state index in [-0.39, 0.29) is 0 Å². The minimum Gasteiger partial charge on any atom is -0.346 e. The van der Waals surface area contributed by atoms with Crippen molar-refractivity contribution < 1.29 is 0 Å². The smallest absolute Gasteiger partial charge is 0.106 e. The largest absolute Gasteiger partial charge is 0.346 e. The van der Waals surface area contributed by atoms with E-state index in [2.05, 4.69) is 9.97 Å². The quantitative estimate of drug-likeness (QED) is 0.651. The lowest BCUT2D eigenvalue weighted by atomic mass is 10.2. The second-order valence-electron chi connectivity index (χ2n) is 3.11. The summed E-state index contributed by atoms with van der Waals surface area (Å²) < 4.78 is 0. The first-order valence-corrected chi connectivity index (χ1v) is 4.53. The highest BCUT2D eigenvalue weighted by atomic mass is 14.9. The number of aromatic nitrogens is 2. The zero-order valence-corrected chi connectivity index (χ0v) is 7.64. The third kappa shape index (κ3) is 3.05. The maximum atomic E-state index is 5.39. The van der Waals surface area contributed by atoms with Crippen LogP contribution in [-0.4, -0.2) is 16.5 Å². The Morgan fingerprint density at radius 3 is 2.83 bits per heavy atom. The van der Waals surface area contributed by atoms with Crippen molar-refractivity contribution in [2.24, 2.45) is 5.73 Å². The average molecular weight is 167 g/mol. The van der Waals surface area contributed by atoms with Gasteiger partial charge < -0.3 is 10.7 Å². The van der Waals surface area contributed by atoms with Crippen molar-refractivity contribution in [3.63, 3.8) is 0 Å². The van der Waals surface area contributed by atoms with Gasteiger partial charge in [0, 0.05) is 18.3 Å². The van der Waals surface area contributed by atoms with Crippen LogP contribution < -0.4 is 5.73 Å². The number of imidazole rings is 1. The van der Waals surface area contributed by atoms with Crippen LogP contribution in [-0.2, 0) is 6.42 Å². The van der Waals surface area contributed by atoms with Gasteiger partial charge >= 0.3 is 0 Å². The number of hydrogen-bond donors (Lipinski definition) is 2. The molecule has 0 fully saturated rings.